The Morgan fingerprint density at radius 2 is 1.71 bits per heavy atom. The van der Waals surface area contributed by atoms with Crippen molar-refractivity contribution in [3.8, 4) is 0 Å². The Kier molecular flexibility index (Phi) is 4.95. The largest absolute Gasteiger partial charge is 0.368 e. The highest BCUT2D eigenvalue weighted by molar-refractivity contribution is 7.99. The molecule has 0 aliphatic heterocycles. The van der Waals surface area contributed by atoms with Crippen molar-refractivity contribution in [3.05, 3.63) is 0 Å². The lowest BCUT2D eigenvalue weighted by Crippen LogP contribution is -2.31. The zero-order chi connectivity index (χ0) is 12.8. The van der Waals surface area contributed by atoms with Gasteiger partial charge in [0.1, 0.15) is 0 Å². The fourth-order valence-corrected chi connectivity index (χ4v) is 2.00. The molecule has 8 heteroatoms. The van der Waals surface area contributed by atoms with Crippen LogP contribution < -0.4 is 11.5 Å². The van der Waals surface area contributed by atoms with Crippen LogP contribution in [0.2, 0.25) is 0 Å². The van der Waals surface area contributed by atoms with Crippen molar-refractivity contribution < 1.29 is 4.79 Å². The van der Waals surface area contributed by atoms with Gasteiger partial charge in [-0.3, -0.25) is 4.79 Å². The van der Waals surface area contributed by atoms with E-state index < -0.39 is 0 Å². The van der Waals surface area contributed by atoms with Crippen molar-refractivity contribution in [2.75, 3.05) is 30.3 Å². The highest BCUT2D eigenvalue weighted by Gasteiger charge is 2.11. The van der Waals surface area contributed by atoms with Crippen LogP contribution in [0.15, 0.2) is 5.16 Å². The van der Waals surface area contributed by atoms with Crippen LogP contribution in [0.5, 0.6) is 0 Å². The van der Waals surface area contributed by atoms with Crippen molar-refractivity contribution in [1.29, 1.82) is 0 Å². The molecule has 1 amide bonds. The second-order valence-corrected chi connectivity index (χ2v) is 4.13. The molecule has 0 radical (unpaired) electrons. The molecule has 0 atom stereocenters. The Morgan fingerprint density at radius 1 is 1.18 bits per heavy atom. The van der Waals surface area contributed by atoms with E-state index in [2.05, 4.69) is 15.0 Å². The Balaban J connectivity index is 2.58. The molecule has 0 fully saturated rings. The first-order chi connectivity index (χ1) is 8.06. The second kappa shape index (κ2) is 6.24. The summed E-state index contributed by atoms with van der Waals surface area (Å²) < 4.78 is 0. The van der Waals surface area contributed by atoms with Crippen molar-refractivity contribution in [3.63, 3.8) is 0 Å². The standard InChI is InChI=1S/C9H16N6OS/c1-3-15(4-2)6(16)5-17-9-13-7(10)12-8(11)14-9/h3-5H2,1-2H3,(H4,10,11,12,13,14). The van der Waals surface area contributed by atoms with Gasteiger partial charge in [-0.15, -0.1) is 0 Å². The molecule has 7 nitrogen and oxygen atoms in total. The van der Waals surface area contributed by atoms with Gasteiger partial charge in [0.15, 0.2) is 5.16 Å². The van der Waals surface area contributed by atoms with Crippen molar-refractivity contribution in [1.82, 2.24) is 19.9 Å². The Labute approximate surface area is 104 Å². The topological polar surface area (TPSA) is 111 Å². The molecule has 0 saturated carbocycles. The van der Waals surface area contributed by atoms with Gasteiger partial charge in [0.05, 0.1) is 5.75 Å². The van der Waals surface area contributed by atoms with E-state index in [-0.39, 0.29) is 23.6 Å². The number of hydrogen-bond donors (Lipinski definition) is 2. The molecule has 0 saturated heterocycles. The van der Waals surface area contributed by atoms with Crippen LogP contribution in [0.25, 0.3) is 0 Å². The third kappa shape index (κ3) is 4.06. The summed E-state index contributed by atoms with van der Waals surface area (Å²) in [5.41, 5.74) is 10.9. The van der Waals surface area contributed by atoms with Crippen molar-refractivity contribution in [2.24, 2.45) is 0 Å². The van der Waals surface area contributed by atoms with E-state index in [1.165, 1.54) is 11.8 Å². The first-order valence-electron chi connectivity index (χ1n) is 5.24. The van der Waals surface area contributed by atoms with Gasteiger partial charge in [-0.25, -0.2) is 0 Å². The smallest absolute Gasteiger partial charge is 0.233 e. The molecule has 0 aromatic carbocycles. The molecule has 1 aromatic heterocycles. The minimum atomic E-state index is 0.0394. The molecule has 1 rings (SSSR count). The SMILES string of the molecule is CCN(CC)C(=O)CSc1nc(N)nc(N)n1. The molecular weight excluding hydrogens is 240 g/mol. The maximum Gasteiger partial charge on any atom is 0.233 e. The predicted octanol–water partition coefficient (Wildman–Crippen LogP) is -0.00350. The Morgan fingerprint density at radius 3 is 2.18 bits per heavy atom. The van der Waals surface area contributed by atoms with E-state index in [0.717, 1.165) is 0 Å². The van der Waals surface area contributed by atoms with E-state index in [9.17, 15) is 4.79 Å². The van der Waals surface area contributed by atoms with Crippen LogP contribution in [0.1, 0.15) is 13.8 Å². The van der Waals surface area contributed by atoms with Gasteiger partial charge in [0.2, 0.25) is 17.8 Å². The van der Waals surface area contributed by atoms with Gasteiger partial charge in [0, 0.05) is 13.1 Å². The Bertz CT molecular complexity index is 375. The minimum Gasteiger partial charge on any atom is -0.368 e. The summed E-state index contributed by atoms with van der Waals surface area (Å²) in [7, 11) is 0. The van der Waals surface area contributed by atoms with Gasteiger partial charge >= 0.3 is 0 Å². The molecule has 0 spiro atoms. The molecule has 1 aromatic rings. The molecule has 4 N–H and O–H groups in total. The number of anilines is 2. The lowest BCUT2D eigenvalue weighted by atomic mass is 10.5. The van der Waals surface area contributed by atoms with Crippen LogP contribution in [0.3, 0.4) is 0 Å². The molecule has 0 bridgehead atoms. The number of nitrogen functional groups attached to an aromatic ring is 2. The number of carbonyl (C=O) groups excluding carboxylic acids is 1. The summed E-state index contributed by atoms with van der Waals surface area (Å²) in [5.74, 6) is 0.438. The van der Waals surface area contributed by atoms with Crippen LogP contribution in [0.4, 0.5) is 11.9 Å². The first kappa shape index (κ1) is 13.5. The van der Waals surface area contributed by atoms with E-state index in [4.69, 9.17) is 11.5 Å². The lowest BCUT2D eigenvalue weighted by molar-refractivity contribution is -0.127. The monoisotopic (exact) mass is 256 g/mol. The Hall–Kier alpha value is -1.57. The number of nitrogens with two attached hydrogens (primary N) is 2. The molecule has 0 aliphatic carbocycles. The molecule has 0 unspecified atom stereocenters. The fourth-order valence-electron chi connectivity index (χ4n) is 1.25. The van der Waals surface area contributed by atoms with E-state index in [0.29, 0.717) is 18.2 Å². The predicted molar refractivity (Wildman–Crippen MR) is 67.3 cm³/mol. The summed E-state index contributed by atoms with van der Waals surface area (Å²) >= 11 is 1.20. The van der Waals surface area contributed by atoms with Crippen LogP contribution in [0, 0.1) is 0 Å². The summed E-state index contributed by atoms with van der Waals surface area (Å²) in [6, 6.07) is 0. The van der Waals surface area contributed by atoms with E-state index in [1.807, 2.05) is 13.8 Å². The minimum absolute atomic E-state index is 0.0394. The fraction of sp³-hybridized carbons (Fsp3) is 0.556. The average Bonchev–Trinajstić information content (AvgIpc) is 2.27. The maximum absolute atomic E-state index is 11.7. The summed E-state index contributed by atoms with van der Waals surface area (Å²) in [5, 5.41) is 0.371. The van der Waals surface area contributed by atoms with E-state index in [1.54, 1.807) is 4.90 Å². The number of nitrogens with zero attached hydrogens (tertiary/aromatic N) is 4. The number of thioether (sulfide) groups is 1. The number of amides is 1. The van der Waals surface area contributed by atoms with E-state index >= 15 is 0 Å². The van der Waals surface area contributed by atoms with Gasteiger partial charge < -0.3 is 16.4 Å². The van der Waals surface area contributed by atoms with Crippen molar-refractivity contribution in [2.45, 2.75) is 19.0 Å². The third-order valence-electron chi connectivity index (χ3n) is 2.09. The highest BCUT2D eigenvalue weighted by Crippen LogP contribution is 2.14. The zero-order valence-electron chi connectivity index (χ0n) is 9.88. The van der Waals surface area contributed by atoms with Crippen molar-refractivity contribution >= 4 is 29.6 Å². The van der Waals surface area contributed by atoms with Gasteiger partial charge in [-0.05, 0) is 13.8 Å². The molecular formula is C9H16N6OS. The molecule has 94 valence electrons. The summed E-state index contributed by atoms with van der Waals surface area (Å²) in [6.07, 6.45) is 0. The van der Waals surface area contributed by atoms with Crippen LogP contribution >= 0.6 is 11.8 Å². The number of hydrogen-bond acceptors (Lipinski definition) is 7. The second-order valence-electron chi connectivity index (χ2n) is 3.19. The molecule has 17 heavy (non-hydrogen) atoms. The van der Waals surface area contributed by atoms with Gasteiger partial charge in [-0.1, -0.05) is 11.8 Å². The van der Waals surface area contributed by atoms with Gasteiger partial charge in [0.25, 0.3) is 0 Å². The van der Waals surface area contributed by atoms with Crippen LogP contribution in [-0.2, 0) is 4.79 Å². The maximum atomic E-state index is 11.7. The molecule has 1 heterocycles. The number of aromatic nitrogens is 3. The lowest BCUT2D eigenvalue weighted by Gasteiger charge is -2.17. The third-order valence-corrected chi connectivity index (χ3v) is 2.92. The molecule has 0 aliphatic rings. The number of carbonyl (C=O) groups is 1. The zero-order valence-corrected chi connectivity index (χ0v) is 10.7. The average molecular weight is 256 g/mol. The first-order valence-corrected chi connectivity index (χ1v) is 6.23. The van der Waals surface area contributed by atoms with Crippen LogP contribution in [-0.4, -0.2) is 44.6 Å². The van der Waals surface area contributed by atoms with Gasteiger partial charge in [-0.2, -0.15) is 15.0 Å². The number of rotatable bonds is 5. The quantitative estimate of drug-likeness (QED) is 0.713. The normalized spacial score (nSPS) is 10.2. The highest BCUT2D eigenvalue weighted by atomic mass is 32.2. The summed E-state index contributed by atoms with van der Waals surface area (Å²) in [6.45, 7) is 5.25. The summed E-state index contributed by atoms with van der Waals surface area (Å²) in [4.78, 5) is 24.9.